The quantitative estimate of drug-likeness (QED) is 0.758. The number of nitrogens with zero attached hydrogens (tertiary/aromatic N) is 4. The number of aryl methyl sites for hydroxylation is 2. The van der Waals surface area contributed by atoms with E-state index in [1.54, 1.807) is 25.8 Å². The average molecular weight is 342 g/mol. The van der Waals surface area contributed by atoms with Crippen molar-refractivity contribution in [3.63, 3.8) is 0 Å². The Labute approximate surface area is 136 Å². The second-order valence-corrected chi connectivity index (χ2v) is 8.03. The molecule has 0 bridgehead atoms. The third kappa shape index (κ3) is 2.77. The molecule has 128 valence electrons. The summed E-state index contributed by atoms with van der Waals surface area (Å²) in [7, 11) is -1.79. The van der Waals surface area contributed by atoms with Crippen LogP contribution in [-0.2, 0) is 14.8 Å². The second-order valence-electron chi connectivity index (χ2n) is 6.16. The maximum Gasteiger partial charge on any atom is 0.248 e. The van der Waals surface area contributed by atoms with Crippen molar-refractivity contribution in [2.45, 2.75) is 31.2 Å². The number of amides is 1. The molecular formula is C14H22N4O4S. The second kappa shape index (κ2) is 5.88. The van der Waals surface area contributed by atoms with Gasteiger partial charge in [-0.05, 0) is 20.3 Å². The number of likely N-dealkylation sites (N-methyl/N-ethyl adjacent to an activating group) is 1. The third-order valence-electron chi connectivity index (χ3n) is 4.68. The van der Waals surface area contributed by atoms with Crippen LogP contribution >= 0.6 is 0 Å². The highest BCUT2D eigenvalue weighted by Crippen LogP contribution is 2.25. The van der Waals surface area contributed by atoms with E-state index in [9.17, 15) is 13.2 Å². The van der Waals surface area contributed by atoms with Gasteiger partial charge < -0.3 is 9.42 Å². The summed E-state index contributed by atoms with van der Waals surface area (Å²) < 4.78 is 32.0. The molecule has 0 radical (unpaired) electrons. The van der Waals surface area contributed by atoms with Crippen molar-refractivity contribution in [2.24, 2.45) is 0 Å². The van der Waals surface area contributed by atoms with Crippen molar-refractivity contribution in [2.75, 3.05) is 39.8 Å². The predicted octanol–water partition coefficient (Wildman–Crippen LogP) is -0.172. The van der Waals surface area contributed by atoms with Crippen molar-refractivity contribution in [1.82, 2.24) is 19.3 Å². The molecule has 9 heteroatoms. The molecule has 2 aliphatic heterocycles. The van der Waals surface area contributed by atoms with Crippen LogP contribution in [0.15, 0.2) is 9.42 Å². The van der Waals surface area contributed by atoms with Crippen molar-refractivity contribution >= 4 is 15.9 Å². The van der Waals surface area contributed by atoms with Gasteiger partial charge >= 0.3 is 0 Å². The summed E-state index contributed by atoms with van der Waals surface area (Å²) in [5.41, 5.74) is 0.387. The van der Waals surface area contributed by atoms with Crippen molar-refractivity contribution in [3.05, 3.63) is 11.5 Å². The molecule has 2 fully saturated rings. The minimum Gasteiger partial charge on any atom is -0.360 e. The molecule has 1 amide bonds. The van der Waals surface area contributed by atoms with Crippen LogP contribution in [-0.4, -0.2) is 79.4 Å². The number of likely N-dealkylation sites (tertiary alicyclic amines) is 1. The zero-order chi connectivity index (χ0) is 16.8. The van der Waals surface area contributed by atoms with Gasteiger partial charge in [-0.2, -0.15) is 4.31 Å². The fourth-order valence-corrected chi connectivity index (χ4v) is 5.08. The van der Waals surface area contributed by atoms with Gasteiger partial charge in [0.2, 0.25) is 15.9 Å². The molecule has 0 saturated carbocycles. The number of piperazine rings is 1. The van der Waals surface area contributed by atoms with E-state index in [-0.39, 0.29) is 16.8 Å². The molecule has 1 aromatic heterocycles. The third-order valence-corrected chi connectivity index (χ3v) is 6.82. The molecule has 3 heterocycles. The van der Waals surface area contributed by atoms with Crippen LogP contribution in [0, 0.1) is 13.8 Å². The maximum absolute atomic E-state index is 12.8. The van der Waals surface area contributed by atoms with Crippen LogP contribution in [0.1, 0.15) is 17.9 Å². The van der Waals surface area contributed by atoms with Gasteiger partial charge in [0.05, 0.1) is 6.04 Å². The van der Waals surface area contributed by atoms with Gasteiger partial charge in [0.25, 0.3) is 0 Å². The van der Waals surface area contributed by atoms with Gasteiger partial charge in [-0.3, -0.25) is 9.69 Å². The van der Waals surface area contributed by atoms with E-state index in [0.717, 1.165) is 13.0 Å². The Morgan fingerprint density at radius 2 is 1.78 bits per heavy atom. The van der Waals surface area contributed by atoms with E-state index < -0.39 is 10.0 Å². The van der Waals surface area contributed by atoms with Crippen LogP contribution in [0.2, 0.25) is 0 Å². The molecule has 0 N–H and O–H groups in total. The number of hydrogen-bond donors (Lipinski definition) is 0. The van der Waals surface area contributed by atoms with E-state index in [4.69, 9.17) is 4.52 Å². The lowest BCUT2D eigenvalue weighted by molar-refractivity contribution is -0.131. The summed E-state index contributed by atoms with van der Waals surface area (Å²) in [6.07, 6.45) is 0.811. The molecule has 8 nitrogen and oxygen atoms in total. The summed E-state index contributed by atoms with van der Waals surface area (Å²) in [5.74, 6) is 0.449. The zero-order valence-corrected chi connectivity index (χ0v) is 14.5. The first-order valence-electron chi connectivity index (χ1n) is 7.74. The standard InChI is InChI=1S/C14H22N4O4S/c1-10-13(11(2)22-15-10)23(20,21)18-8-6-17(7-9-18)12-4-5-16(3)14(12)19/h12H,4-9H2,1-3H3/t12-/m1/s1. The normalized spacial score (nSPS) is 24.6. The van der Waals surface area contributed by atoms with Gasteiger partial charge in [-0.15, -0.1) is 0 Å². The Balaban J connectivity index is 1.71. The summed E-state index contributed by atoms with van der Waals surface area (Å²) >= 11 is 0. The van der Waals surface area contributed by atoms with E-state index >= 15 is 0 Å². The first-order valence-corrected chi connectivity index (χ1v) is 9.18. The number of carbonyl (C=O) groups is 1. The Hall–Kier alpha value is -1.45. The Kier molecular flexibility index (Phi) is 4.19. The van der Waals surface area contributed by atoms with E-state index in [1.165, 1.54) is 4.31 Å². The molecule has 3 rings (SSSR count). The number of aromatic nitrogens is 1. The van der Waals surface area contributed by atoms with Gasteiger partial charge in [0.1, 0.15) is 10.6 Å². The number of hydrogen-bond acceptors (Lipinski definition) is 6. The first kappa shape index (κ1) is 16.4. The summed E-state index contributed by atoms with van der Waals surface area (Å²) in [6.45, 7) is 5.88. The highest BCUT2D eigenvalue weighted by molar-refractivity contribution is 7.89. The highest BCUT2D eigenvalue weighted by Gasteiger charge is 2.38. The topological polar surface area (TPSA) is 87.0 Å². The zero-order valence-electron chi connectivity index (χ0n) is 13.7. The Morgan fingerprint density at radius 1 is 1.13 bits per heavy atom. The van der Waals surface area contributed by atoms with E-state index in [2.05, 4.69) is 10.1 Å². The molecule has 0 aliphatic carbocycles. The largest absolute Gasteiger partial charge is 0.360 e. The molecule has 23 heavy (non-hydrogen) atoms. The van der Waals surface area contributed by atoms with Crippen molar-refractivity contribution in [1.29, 1.82) is 0 Å². The van der Waals surface area contributed by atoms with Crippen molar-refractivity contribution in [3.8, 4) is 0 Å². The summed E-state index contributed by atoms with van der Waals surface area (Å²) in [6, 6.07) is -0.107. The molecule has 0 spiro atoms. The van der Waals surface area contributed by atoms with Gasteiger partial charge in [0.15, 0.2) is 5.76 Å². The molecule has 1 atom stereocenters. The SMILES string of the molecule is Cc1noc(C)c1S(=O)(=O)N1CCN([C@@H]2CCN(C)C2=O)CC1. The Bertz CT molecular complexity index is 687. The maximum atomic E-state index is 12.8. The average Bonchev–Trinajstić information content (AvgIpc) is 3.03. The van der Waals surface area contributed by atoms with E-state index in [1.807, 2.05) is 0 Å². The monoisotopic (exact) mass is 342 g/mol. The van der Waals surface area contributed by atoms with Crippen molar-refractivity contribution < 1.29 is 17.7 Å². The lowest BCUT2D eigenvalue weighted by atomic mass is 10.2. The van der Waals surface area contributed by atoms with Crippen LogP contribution in [0.5, 0.6) is 0 Å². The minimum absolute atomic E-state index is 0.107. The molecule has 0 aromatic carbocycles. The van der Waals surface area contributed by atoms with E-state index in [0.29, 0.717) is 37.6 Å². The van der Waals surface area contributed by atoms with Crippen LogP contribution in [0.4, 0.5) is 0 Å². The van der Waals surface area contributed by atoms with Gasteiger partial charge in [0, 0.05) is 39.8 Å². The smallest absolute Gasteiger partial charge is 0.248 e. The fourth-order valence-electron chi connectivity index (χ4n) is 3.37. The number of carbonyl (C=O) groups excluding carboxylic acids is 1. The summed E-state index contributed by atoms with van der Waals surface area (Å²) in [5, 5.41) is 3.73. The van der Waals surface area contributed by atoms with Crippen LogP contribution in [0.3, 0.4) is 0 Å². The van der Waals surface area contributed by atoms with Crippen LogP contribution < -0.4 is 0 Å². The molecular weight excluding hydrogens is 320 g/mol. The van der Waals surface area contributed by atoms with Crippen LogP contribution in [0.25, 0.3) is 0 Å². The molecule has 0 unspecified atom stereocenters. The Morgan fingerprint density at radius 3 is 2.26 bits per heavy atom. The number of sulfonamides is 1. The first-order chi connectivity index (χ1) is 10.8. The summed E-state index contributed by atoms with van der Waals surface area (Å²) in [4.78, 5) is 16.1. The molecule has 1 aromatic rings. The minimum atomic E-state index is -3.60. The lowest BCUT2D eigenvalue weighted by Gasteiger charge is -2.36. The highest BCUT2D eigenvalue weighted by atomic mass is 32.2. The fraction of sp³-hybridized carbons (Fsp3) is 0.714. The predicted molar refractivity (Wildman–Crippen MR) is 82.4 cm³/mol. The molecule has 2 saturated heterocycles. The van der Waals surface area contributed by atoms with Gasteiger partial charge in [-0.25, -0.2) is 8.42 Å². The van der Waals surface area contributed by atoms with Gasteiger partial charge in [-0.1, -0.05) is 5.16 Å². The lowest BCUT2D eigenvalue weighted by Crippen LogP contribution is -2.53. The number of rotatable bonds is 3. The molecule has 2 aliphatic rings.